The SMILES string of the molecule is COc1cc(C#N)ccc1Oc1ccc(N)cc1I. The number of nitrogens with two attached hydrogens (primary N) is 1. The van der Waals surface area contributed by atoms with Crippen molar-refractivity contribution in [1.82, 2.24) is 0 Å². The highest BCUT2D eigenvalue weighted by Crippen LogP contribution is 2.34. The lowest BCUT2D eigenvalue weighted by molar-refractivity contribution is 0.378. The number of anilines is 1. The zero-order chi connectivity index (χ0) is 13.8. The minimum Gasteiger partial charge on any atom is -0.493 e. The Balaban J connectivity index is 2.35. The molecule has 0 bridgehead atoms. The van der Waals surface area contributed by atoms with Gasteiger partial charge in [0.15, 0.2) is 11.5 Å². The van der Waals surface area contributed by atoms with E-state index in [-0.39, 0.29) is 0 Å². The average Bonchev–Trinajstić information content (AvgIpc) is 2.42. The lowest BCUT2D eigenvalue weighted by Crippen LogP contribution is -1.94. The van der Waals surface area contributed by atoms with Gasteiger partial charge in [0.1, 0.15) is 5.75 Å². The molecule has 0 spiro atoms. The number of hydrogen-bond donors (Lipinski definition) is 1. The van der Waals surface area contributed by atoms with Gasteiger partial charge in [0.25, 0.3) is 0 Å². The molecule has 0 amide bonds. The third kappa shape index (κ3) is 3.09. The Labute approximate surface area is 124 Å². The topological polar surface area (TPSA) is 68.3 Å². The van der Waals surface area contributed by atoms with Crippen molar-refractivity contribution in [2.75, 3.05) is 12.8 Å². The smallest absolute Gasteiger partial charge is 0.169 e. The molecule has 0 radical (unpaired) electrons. The van der Waals surface area contributed by atoms with E-state index in [9.17, 15) is 0 Å². The first-order chi connectivity index (χ1) is 9.13. The van der Waals surface area contributed by atoms with Crippen molar-refractivity contribution in [2.24, 2.45) is 0 Å². The predicted molar refractivity (Wildman–Crippen MR) is 81.4 cm³/mol. The molecule has 4 nitrogen and oxygen atoms in total. The third-order valence-electron chi connectivity index (χ3n) is 2.47. The standard InChI is InChI=1S/C14H11IN2O2/c1-18-14-6-9(8-16)2-4-13(14)19-12-5-3-10(17)7-11(12)15/h2-7H,17H2,1H3. The lowest BCUT2D eigenvalue weighted by atomic mass is 10.2. The number of nitrogen functional groups attached to an aromatic ring is 1. The van der Waals surface area contributed by atoms with Crippen LogP contribution in [-0.2, 0) is 0 Å². The highest BCUT2D eigenvalue weighted by Gasteiger charge is 2.09. The number of rotatable bonds is 3. The molecule has 19 heavy (non-hydrogen) atoms. The Morgan fingerprint density at radius 3 is 2.47 bits per heavy atom. The molecule has 2 aromatic rings. The van der Waals surface area contributed by atoms with E-state index in [4.69, 9.17) is 20.5 Å². The second-order valence-electron chi connectivity index (χ2n) is 3.77. The molecule has 2 N–H and O–H groups in total. The monoisotopic (exact) mass is 366 g/mol. The maximum Gasteiger partial charge on any atom is 0.169 e. The predicted octanol–water partition coefficient (Wildman–Crippen LogP) is 3.55. The van der Waals surface area contributed by atoms with E-state index in [0.29, 0.717) is 28.5 Å². The fraction of sp³-hybridized carbons (Fsp3) is 0.0714. The number of methoxy groups -OCH3 is 1. The van der Waals surface area contributed by atoms with Crippen LogP contribution in [0.1, 0.15) is 5.56 Å². The van der Waals surface area contributed by atoms with E-state index in [2.05, 4.69) is 28.7 Å². The Bertz CT molecular complexity index is 650. The van der Waals surface area contributed by atoms with Crippen molar-refractivity contribution in [3.63, 3.8) is 0 Å². The molecule has 0 atom stereocenters. The molecule has 2 aromatic carbocycles. The molecule has 0 aliphatic carbocycles. The minimum absolute atomic E-state index is 0.520. The molecule has 5 heteroatoms. The molecular formula is C14H11IN2O2. The maximum absolute atomic E-state index is 8.85. The normalized spacial score (nSPS) is 9.74. The van der Waals surface area contributed by atoms with Crippen LogP contribution in [0.2, 0.25) is 0 Å². The minimum atomic E-state index is 0.520. The summed E-state index contributed by atoms with van der Waals surface area (Å²) in [5.41, 5.74) is 6.90. The van der Waals surface area contributed by atoms with E-state index in [1.165, 1.54) is 7.11 Å². The van der Waals surface area contributed by atoms with Crippen LogP contribution in [0.5, 0.6) is 17.2 Å². The van der Waals surface area contributed by atoms with Gasteiger partial charge >= 0.3 is 0 Å². The molecule has 0 saturated heterocycles. The second-order valence-corrected chi connectivity index (χ2v) is 4.93. The van der Waals surface area contributed by atoms with Crippen LogP contribution in [0, 0.1) is 14.9 Å². The number of nitriles is 1. The van der Waals surface area contributed by atoms with Crippen LogP contribution in [0.15, 0.2) is 36.4 Å². The molecule has 0 heterocycles. The van der Waals surface area contributed by atoms with Crippen molar-refractivity contribution >= 4 is 28.3 Å². The number of nitrogens with zero attached hydrogens (tertiary/aromatic N) is 1. The van der Waals surface area contributed by atoms with Gasteiger partial charge in [-0.15, -0.1) is 0 Å². The number of hydrogen-bond acceptors (Lipinski definition) is 4. The molecule has 0 unspecified atom stereocenters. The van der Waals surface area contributed by atoms with Crippen molar-refractivity contribution in [1.29, 1.82) is 5.26 Å². The molecule has 0 aliphatic rings. The van der Waals surface area contributed by atoms with E-state index in [0.717, 1.165) is 3.57 Å². The first-order valence-corrected chi connectivity index (χ1v) is 6.53. The van der Waals surface area contributed by atoms with Crippen molar-refractivity contribution in [3.8, 4) is 23.3 Å². The van der Waals surface area contributed by atoms with E-state index < -0.39 is 0 Å². The van der Waals surface area contributed by atoms with E-state index in [1.54, 1.807) is 30.3 Å². The Morgan fingerprint density at radius 1 is 1.11 bits per heavy atom. The number of ether oxygens (including phenoxy) is 2. The van der Waals surface area contributed by atoms with Crippen LogP contribution >= 0.6 is 22.6 Å². The second kappa shape index (κ2) is 5.80. The molecule has 0 fully saturated rings. The molecular weight excluding hydrogens is 355 g/mol. The number of halogens is 1. The molecule has 0 aromatic heterocycles. The average molecular weight is 366 g/mol. The highest BCUT2D eigenvalue weighted by molar-refractivity contribution is 14.1. The Morgan fingerprint density at radius 2 is 1.84 bits per heavy atom. The van der Waals surface area contributed by atoms with Crippen molar-refractivity contribution in [2.45, 2.75) is 0 Å². The first-order valence-electron chi connectivity index (χ1n) is 5.45. The quantitative estimate of drug-likeness (QED) is 0.667. The molecule has 0 aliphatic heterocycles. The largest absolute Gasteiger partial charge is 0.493 e. The molecule has 96 valence electrons. The zero-order valence-corrected chi connectivity index (χ0v) is 12.3. The third-order valence-corrected chi connectivity index (χ3v) is 3.31. The first kappa shape index (κ1) is 13.5. The summed E-state index contributed by atoms with van der Waals surface area (Å²) in [5.74, 6) is 1.77. The Hall–Kier alpha value is -1.94. The Kier molecular flexibility index (Phi) is 4.12. The van der Waals surface area contributed by atoms with Crippen LogP contribution in [0.3, 0.4) is 0 Å². The van der Waals surface area contributed by atoms with Gasteiger partial charge in [0.2, 0.25) is 0 Å². The van der Waals surface area contributed by atoms with Gasteiger partial charge in [-0.3, -0.25) is 0 Å². The van der Waals surface area contributed by atoms with E-state index in [1.807, 2.05) is 6.07 Å². The lowest BCUT2D eigenvalue weighted by Gasteiger charge is -2.12. The fourth-order valence-corrected chi connectivity index (χ4v) is 2.19. The van der Waals surface area contributed by atoms with Crippen LogP contribution in [0.25, 0.3) is 0 Å². The van der Waals surface area contributed by atoms with Gasteiger partial charge in [0, 0.05) is 11.8 Å². The summed E-state index contributed by atoms with van der Waals surface area (Å²) in [6.45, 7) is 0. The maximum atomic E-state index is 8.85. The summed E-state index contributed by atoms with van der Waals surface area (Å²) in [4.78, 5) is 0. The van der Waals surface area contributed by atoms with Gasteiger partial charge in [-0.1, -0.05) is 0 Å². The van der Waals surface area contributed by atoms with Crippen LogP contribution < -0.4 is 15.2 Å². The van der Waals surface area contributed by atoms with Crippen molar-refractivity contribution < 1.29 is 9.47 Å². The van der Waals surface area contributed by atoms with Crippen LogP contribution in [0.4, 0.5) is 5.69 Å². The van der Waals surface area contributed by atoms with Gasteiger partial charge in [-0.25, -0.2) is 0 Å². The van der Waals surface area contributed by atoms with Gasteiger partial charge < -0.3 is 15.2 Å². The van der Waals surface area contributed by atoms with Gasteiger partial charge in [0.05, 0.1) is 22.3 Å². The summed E-state index contributed by atoms with van der Waals surface area (Å²) >= 11 is 2.15. The van der Waals surface area contributed by atoms with E-state index >= 15 is 0 Å². The molecule has 2 rings (SSSR count). The zero-order valence-electron chi connectivity index (χ0n) is 10.2. The summed E-state index contributed by atoms with van der Waals surface area (Å²) in [6, 6.07) is 12.5. The van der Waals surface area contributed by atoms with Gasteiger partial charge in [-0.05, 0) is 52.9 Å². The van der Waals surface area contributed by atoms with Crippen LogP contribution in [-0.4, -0.2) is 7.11 Å². The summed E-state index contributed by atoms with van der Waals surface area (Å²) < 4.78 is 11.9. The number of benzene rings is 2. The summed E-state index contributed by atoms with van der Waals surface area (Å²) in [6.07, 6.45) is 0. The highest BCUT2D eigenvalue weighted by atomic mass is 127. The van der Waals surface area contributed by atoms with Crippen molar-refractivity contribution in [3.05, 3.63) is 45.5 Å². The fourth-order valence-electron chi connectivity index (χ4n) is 1.54. The summed E-state index contributed by atoms with van der Waals surface area (Å²) in [7, 11) is 1.54. The molecule has 0 saturated carbocycles. The summed E-state index contributed by atoms with van der Waals surface area (Å²) in [5, 5.41) is 8.85. The van der Waals surface area contributed by atoms with Gasteiger partial charge in [-0.2, -0.15) is 5.26 Å².